The number of H-pyrrole nitrogens is 1. The number of aromatic amines is 1. The van der Waals surface area contributed by atoms with Crippen LogP contribution in [0.4, 0.5) is 0 Å². The first-order valence-corrected chi connectivity index (χ1v) is 4.45. The first-order chi connectivity index (χ1) is 6.70. The topological polar surface area (TPSA) is 75.2 Å². The van der Waals surface area contributed by atoms with Gasteiger partial charge in [-0.05, 0) is 18.4 Å². The molecule has 0 bridgehead atoms. The van der Waals surface area contributed by atoms with E-state index in [-0.39, 0.29) is 5.41 Å². The Balaban J connectivity index is 2.28. The Morgan fingerprint density at radius 1 is 1.79 bits per heavy atom. The van der Waals surface area contributed by atoms with Crippen LogP contribution >= 0.6 is 0 Å². The number of ether oxygens (including phenoxy) is 1. The predicted molar refractivity (Wildman–Crippen MR) is 47.9 cm³/mol. The van der Waals surface area contributed by atoms with Gasteiger partial charge in [-0.2, -0.15) is 5.10 Å². The van der Waals surface area contributed by atoms with Gasteiger partial charge in [-0.25, -0.2) is 4.79 Å². The molecule has 0 amide bonds. The van der Waals surface area contributed by atoms with Crippen molar-refractivity contribution in [2.75, 3.05) is 7.11 Å². The van der Waals surface area contributed by atoms with Crippen LogP contribution in [0.1, 0.15) is 18.4 Å². The van der Waals surface area contributed by atoms with Gasteiger partial charge in [0.25, 0.3) is 0 Å². The van der Waals surface area contributed by atoms with Gasteiger partial charge in [-0.1, -0.05) is 0 Å². The van der Waals surface area contributed by atoms with E-state index in [1.165, 1.54) is 7.11 Å². The van der Waals surface area contributed by atoms with E-state index in [0.717, 1.165) is 18.4 Å². The summed E-state index contributed by atoms with van der Waals surface area (Å²) in [6, 6.07) is 0. The zero-order chi connectivity index (χ0) is 10.2. The van der Waals surface area contributed by atoms with Crippen molar-refractivity contribution >= 4 is 5.97 Å². The Morgan fingerprint density at radius 3 is 2.86 bits per heavy atom. The summed E-state index contributed by atoms with van der Waals surface area (Å²) in [7, 11) is 1.43. The van der Waals surface area contributed by atoms with Gasteiger partial charge in [0.05, 0.1) is 6.20 Å². The van der Waals surface area contributed by atoms with Crippen LogP contribution in [0.15, 0.2) is 12.4 Å². The molecule has 5 nitrogen and oxygen atoms in total. The van der Waals surface area contributed by atoms with Crippen molar-refractivity contribution in [3.63, 3.8) is 0 Å². The zero-order valence-corrected chi connectivity index (χ0v) is 7.86. The summed E-state index contributed by atoms with van der Waals surface area (Å²) < 4.78 is 5.02. The van der Waals surface area contributed by atoms with Gasteiger partial charge in [0, 0.05) is 18.7 Å². The smallest absolute Gasteiger partial charge is 0.333 e. The van der Waals surface area contributed by atoms with Crippen molar-refractivity contribution in [1.29, 1.82) is 0 Å². The molecule has 14 heavy (non-hydrogen) atoms. The third-order valence-electron chi connectivity index (χ3n) is 2.82. The predicted octanol–water partition coefficient (Wildman–Crippen LogP) is 0.541. The van der Waals surface area contributed by atoms with Crippen molar-refractivity contribution in [2.45, 2.75) is 24.4 Å². The van der Waals surface area contributed by atoms with Crippen LogP contribution < -0.4 is 0 Å². The van der Waals surface area contributed by atoms with E-state index < -0.39 is 12.1 Å². The molecule has 1 heterocycles. The number of aromatic nitrogens is 2. The number of carboxylic acids is 1. The molecule has 2 rings (SSSR count). The summed E-state index contributed by atoms with van der Waals surface area (Å²) in [6.07, 6.45) is 4.33. The molecule has 1 aromatic heterocycles. The standard InChI is InChI=1S/C9H12N2O3/c1-14-7(8(12)13)9(2-3-9)6-4-10-11-5-6/h4-5,7H,2-3H2,1H3,(H,10,11)(H,12,13). The maximum absolute atomic E-state index is 11.0. The minimum absolute atomic E-state index is 0.354. The SMILES string of the molecule is COC(C(=O)O)C1(c2cn[nH]c2)CC1. The highest BCUT2D eigenvalue weighted by molar-refractivity contribution is 5.76. The second kappa shape index (κ2) is 3.09. The van der Waals surface area contributed by atoms with E-state index in [1.54, 1.807) is 12.4 Å². The number of nitrogens with zero attached hydrogens (tertiary/aromatic N) is 1. The number of aliphatic carboxylic acids is 1. The highest BCUT2D eigenvalue weighted by atomic mass is 16.5. The van der Waals surface area contributed by atoms with Crippen molar-refractivity contribution in [2.24, 2.45) is 0 Å². The molecule has 0 aromatic carbocycles. The van der Waals surface area contributed by atoms with Crippen molar-refractivity contribution in [1.82, 2.24) is 10.2 Å². The third-order valence-corrected chi connectivity index (χ3v) is 2.82. The van der Waals surface area contributed by atoms with Crippen molar-refractivity contribution < 1.29 is 14.6 Å². The first-order valence-electron chi connectivity index (χ1n) is 4.45. The maximum Gasteiger partial charge on any atom is 0.333 e. The largest absolute Gasteiger partial charge is 0.479 e. The summed E-state index contributed by atoms with van der Waals surface area (Å²) >= 11 is 0. The highest BCUT2D eigenvalue weighted by Gasteiger charge is 2.55. The molecule has 0 saturated heterocycles. The summed E-state index contributed by atoms with van der Waals surface area (Å²) in [4.78, 5) is 11.0. The lowest BCUT2D eigenvalue weighted by Crippen LogP contribution is -2.35. The van der Waals surface area contributed by atoms with Crippen molar-refractivity contribution in [3.05, 3.63) is 18.0 Å². The summed E-state index contributed by atoms with van der Waals surface area (Å²) in [5.74, 6) is -0.911. The van der Waals surface area contributed by atoms with Crippen LogP contribution in [0.2, 0.25) is 0 Å². The highest BCUT2D eigenvalue weighted by Crippen LogP contribution is 2.51. The van der Waals surface area contributed by atoms with E-state index in [9.17, 15) is 4.79 Å². The molecule has 0 aliphatic heterocycles. The van der Waals surface area contributed by atoms with Gasteiger partial charge in [-0.15, -0.1) is 0 Å². The molecule has 1 unspecified atom stereocenters. The molecule has 1 aliphatic rings. The number of rotatable bonds is 4. The molecular formula is C9H12N2O3. The van der Waals surface area contributed by atoms with E-state index in [0.29, 0.717) is 0 Å². The lowest BCUT2D eigenvalue weighted by Gasteiger charge is -2.20. The molecule has 1 fully saturated rings. The molecular weight excluding hydrogens is 184 g/mol. The van der Waals surface area contributed by atoms with Crippen LogP contribution in [0.25, 0.3) is 0 Å². The third kappa shape index (κ3) is 1.21. The average molecular weight is 196 g/mol. The minimum Gasteiger partial charge on any atom is -0.479 e. The minimum atomic E-state index is -0.911. The molecule has 2 N–H and O–H groups in total. The average Bonchev–Trinajstić information content (AvgIpc) is 2.76. The lowest BCUT2D eigenvalue weighted by molar-refractivity contribution is -0.150. The van der Waals surface area contributed by atoms with Gasteiger partial charge >= 0.3 is 5.97 Å². The summed E-state index contributed by atoms with van der Waals surface area (Å²) in [5, 5.41) is 15.5. The molecule has 5 heteroatoms. The number of hydrogen-bond donors (Lipinski definition) is 2. The summed E-state index contributed by atoms with van der Waals surface area (Å²) in [5.41, 5.74) is 0.569. The van der Waals surface area contributed by atoms with Gasteiger partial charge in [-0.3, -0.25) is 5.10 Å². The Morgan fingerprint density at radius 2 is 2.50 bits per heavy atom. The van der Waals surface area contributed by atoms with E-state index in [1.807, 2.05) is 0 Å². The molecule has 1 aromatic rings. The second-order valence-corrected chi connectivity index (χ2v) is 3.60. The Hall–Kier alpha value is -1.36. The quantitative estimate of drug-likeness (QED) is 0.737. The van der Waals surface area contributed by atoms with Gasteiger partial charge < -0.3 is 9.84 Å². The second-order valence-electron chi connectivity index (χ2n) is 3.60. The molecule has 1 aliphatic carbocycles. The summed E-state index contributed by atoms with van der Waals surface area (Å²) in [6.45, 7) is 0. The Kier molecular flexibility index (Phi) is 2.03. The van der Waals surface area contributed by atoms with Crippen LogP contribution in [0.5, 0.6) is 0 Å². The van der Waals surface area contributed by atoms with Crippen LogP contribution in [0.3, 0.4) is 0 Å². The zero-order valence-electron chi connectivity index (χ0n) is 7.86. The number of carbonyl (C=O) groups is 1. The van der Waals surface area contributed by atoms with Crippen LogP contribution in [0, 0.1) is 0 Å². The lowest BCUT2D eigenvalue weighted by atomic mass is 9.92. The molecule has 76 valence electrons. The van der Waals surface area contributed by atoms with Gasteiger partial charge in [0.1, 0.15) is 0 Å². The molecule has 0 spiro atoms. The fraction of sp³-hybridized carbons (Fsp3) is 0.556. The molecule has 1 atom stereocenters. The number of nitrogens with one attached hydrogen (secondary N) is 1. The van der Waals surface area contributed by atoms with Gasteiger partial charge in [0.2, 0.25) is 0 Å². The van der Waals surface area contributed by atoms with Crippen LogP contribution in [-0.2, 0) is 14.9 Å². The van der Waals surface area contributed by atoms with Crippen molar-refractivity contribution in [3.8, 4) is 0 Å². The normalized spacial score (nSPS) is 20.4. The fourth-order valence-corrected chi connectivity index (χ4v) is 1.92. The molecule has 0 radical (unpaired) electrons. The Bertz CT molecular complexity index is 330. The first kappa shape index (κ1) is 9.21. The van der Waals surface area contributed by atoms with E-state index in [4.69, 9.17) is 9.84 Å². The molecule has 1 saturated carbocycles. The number of methoxy groups -OCH3 is 1. The van der Waals surface area contributed by atoms with E-state index >= 15 is 0 Å². The fourth-order valence-electron chi connectivity index (χ4n) is 1.92. The number of hydrogen-bond acceptors (Lipinski definition) is 3. The Labute approximate surface area is 81.1 Å². The van der Waals surface area contributed by atoms with Crippen LogP contribution in [-0.4, -0.2) is 34.5 Å². The monoisotopic (exact) mass is 196 g/mol. The van der Waals surface area contributed by atoms with Gasteiger partial charge in [0.15, 0.2) is 6.10 Å². The van der Waals surface area contributed by atoms with E-state index in [2.05, 4.69) is 10.2 Å². The maximum atomic E-state index is 11.0. The number of carboxylic acid groups (broad SMARTS) is 1.